The zero-order valence-electron chi connectivity index (χ0n) is 15.3. The van der Waals surface area contributed by atoms with Crippen LogP contribution in [0.2, 0.25) is 0 Å². The minimum Gasteiger partial charge on any atom is -0.481 e. The van der Waals surface area contributed by atoms with Gasteiger partial charge >= 0.3 is 5.97 Å². The number of nitrogens with zero attached hydrogens (tertiary/aromatic N) is 2. The van der Waals surface area contributed by atoms with Crippen LogP contribution in [0.25, 0.3) is 0 Å². The van der Waals surface area contributed by atoms with Gasteiger partial charge in [0.1, 0.15) is 0 Å². The molecule has 1 aliphatic heterocycles. The summed E-state index contributed by atoms with van der Waals surface area (Å²) in [5, 5.41) is 14.4. The summed E-state index contributed by atoms with van der Waals surface area (Å²) in [5.74, 6) is 4.75. The summed E-state index contributed by atoms with van der Waals surface area (Å²) in [6, 6.07) is 20.3. The molecule has 1 saturated carbocycles. The Bertz CT molecular complexity index is 837. The number of carbonyl (C=O) groups is 1. The molecule has 0 bridgehead atoms. The highest BCUT2D eigenvalue weighted by Gasteiger charge is 2.60. The molecule has 0 radical (unpaired) electrons. The molecule has 2 fully saturated rings. The van der Waals surface area contributed by atoms with E-state index in [2.05, 4.69) is 34.3 Å². The third-order valence-corrected chi connectivity index (χ3v) is 6.28. The van der Waals surface area contributed by atoms with Crippen LogP contribution in [0.5, 0.6) is 0 Å². The van der Waals surface area contributed by atoms with Gasteiger partial charge in [0.2, 0.25) is 0 Å². The molecule has 140 valence electrons. The summed E-state index contributed by atoms with van der Waals surface area (Å²) in [6.07, 6.45) is 1.52. The third kappa shape index (κ3) is 3.02. The molecule has 0 spiro atoms. The van der Waals surface area contributed by atoms with Crippen LogP contribution in [-0.4, -0.2) is 34.8 Å². The number of nitrogens with two attached hydrogens (primary N) is 1. The van der Waals surface area contributed by atoms with Crippen molar-refractivity contribution in [1.29, 1.82) is 0 Å². The maximum atomic E-state index is 12.7. The van der Waals surface area contributed by atoms with Gasteiger partial charge in [0.15, 0.2) is 0 Å². The molecule has 3 atom stereocenters. The van der Waals surface area contributed by atoms with Crippen LogP contribution in [-0.2, 0) is 11.3 Å². The number of benzene rings is 2. The van der Waals surface area contributed by atoms with E-state index in [1.54, 1.807) is 0 Å². The molecule has 27 heavy (non-hydrogen) atoms. The lowest BCUT2D eigenvalue weighted by Crippen LogP contribution is -2.50. The maximum Gasteiger partial charge on any atom is 0.312 e. The number of fused-ring (bicyclic) bond motifs is 1. The monoisotopic (exact) mass is 363 g/mol. The standard InChI is InChI=1S/C22H25N3O2/c23-24-20-12-11-18(17-9-5-2-6-10-17)22(21(26)27)15-25(14-19(20)22)13-16-7-3-1-4-8-16/h1-10,18-19H,11-15,23H2,(H,26,27)/b24-20-. The second-order valence-corrected chi connectivity index (χ2v) is 7.68. The molecule has 1 saturated heterocycles. The molecular formula is C22H25N3O2. The number of carboxylic acid groups (broad SMARTS) is 1. The predicted octanol–water partition coefficient (Wildman–Crippen LogP) is 3.08. The molecule has 0 amide bonds. The van der Waals surface area contributed by atoms with E-state index in [1.807, 2.05) is 36.4 Å². The molecule has 4 rings (SSSR count). The van der Waals surface area contributed by atoms with Gasteiger partial charge < -0.3 is 10.9 Å². The van der Waals surface area contributed by atoms with Crippen LogP contribution in [0.1, 0.15) is 29.9 Å². The number of hydrogen-bond acceptors (Lipinski definition) is 4. The Hall–Kier alpha value is -2.66. The quantitative estimate of drug-likeness (QED) is 0.646. The van der Waals surface area contributed by atoms with E-state index >= 15 is 0 Å². The van der Waals surface area contributed by atoms with Crippen molar-refractivity contribution in [3.8, 4) is 0 Å². The average molecular weight is 363 g/mol. The van der Waals surface area contributed by atoms with E-state index in [9.17, 15) is 9.90 Å². The molecule has 2 aliphatic rings. The topological polar surface area (TPSA) is 78.9 Å². The summed E-state index contributed by atoms with van der Waals surface area (Å²) in [6.45, 7) is 1.94. The average Bonchev–Trinajstić information content (AvgIpc) is 3.09. The van der Waals surface area contributed by atoms with E-state index in [-0.39, 0.29) is 11.8 Å². The SMILES string of the molecule is N/N=C1/CCC(c2ccccc2)C2(C(=O)O)CN(Cc3ccccc3)CC12. The lowest BCUT2D eigenvalue weighted by atomic mass is 9.59. The number of hydrogen-bond donors (Lipinski definition) is 2. The molecular weight excluding hydrogens is 338 g/mol. The Morgan fingerprint density at radius 3 is 2.41 bits per heavy atom. The van der Waals surface area contributed by atoms with Gasteiger partial charge in [0.25, 0.3) is 0 Å². The Morgan fingerprint density at radius 2 is 1.78 bits per heavy atom. The Kier molecular flexibility index (Phi) is 4.70. The van der Waals surface area contributed by atoms with Gasteiger partial charge in [-0.2, -0.15) is 5.10 Å². The fraction of sp³-hybridized carbons (Fsp3) is 0.364. The lowest BCUT2D eigenvalue weighted by molar-refractivity contribution is -0.151. The first kappa shape index (κ1) is 17.7. The van der Waals surface area contributed by atoms with Gasteiger partial charge in [0.05, 0.1) is 5.41 Å². The second-order valence-electron chi connectivity index (χ2n) is 7.68. The van der Waals surface area contributed by atoms with Crippen LogP contribution in [0, 0.1) is 11.3 Å². The zero-order chi connectivity index (χ0) is 18.9. The summed E-state index contributed by atoms with van der Waals surface area (Å²) in [7, 11) is 0. The first-order valence-corrected chi connectivity index (χ1v) is 9.46. The Morgan fingerprint density at radius 1 is 1.11 bits per heavy atom. The van der Waals surface area contributed by atoms with Crippen molar-refractivity contribution in [1.82, 2.24) is 4.90 Å². The summed E-state index contributed by atoms with van der Waals surface area (Å²) in [4.78, 5) is 14.9. The van der Waals surface area contributed by atoms with Crippen LogP contribution in [0.4, 0.5) is 0 Å². The lowest BCUT2D eigenvalue weighted by Gasteiger charge is -2.42. The van der Waals surface area contributed by atoms with Crippen LogP contribution < -0.4 is 5.84 Å². The number of carboxylic acids is 1. The highest BCUT2D eigenvalue weighted by atomic mass is 16.4. The van der Waals surface area contributed by atoms with Gasteiger partial charge in [-0.1, -0.05) is 60.7 Å². The smallest absolute Gasteiger partial charge is 0.312 e. The third-order valence-electron chi connectivity index (χ3n) is 6.28. The number of hydrazone groups is 1. The fourth-order valence-corrected chi connectivity index (χ4v) is 5.08. The van der Waals surface area contributed by atoms with Gasteiger partial charge in [-0.05, 0) is 24.0 Å². The van der Waals surface area contributed by atoms with Crippen molar-refractivity contribution in [3.63, 3.8) is 0 Å². The van der Waals surface area contributed by atoms with E-state index in [4.69, 9.17) is 5.84 Å². The molecule has 1 aliphatic carbocycles. The van der Waals surface area contributed by atoms with E-state index in [1.165, 1.54) is 5.56 Å². The van der Waals surface area contributed by atoms with Crippen molar-refractivity contribution in [2.45, 2.75) is 25.3 Å². The fourth-order valence-electron chi connectivity index (χ4n) is 5.08. The van der Waals surface area contributed by atoms with E-state index in [0.29, 0.717) is 13.1 Å². The van der Waals surface area contributed by atoms with Crippen molar-refractivity contribution >= 4 is 11.7 Å². The summed E-state index contributed by atoms with van der Waals surface area (Å²) >= 11 is 0. The van der Waals surface area contributed by atoms with Gasteiger partial charge in [-0.25, -0.2) is 0 Å². The van der Waals surface area contributed by atoms with Gasteiger partial charge in [0, 0.05) is 37.2 Å². The summed E-state index contributed by atoms with van der Waals surface area (Å²) < 4.78 is 0. The minimum absolute atomic E-state index is 0.0347. The molecule has 2 aromatic rings. The Balaban J connectivity index is 1.72. The Labute approximate surface area is 159 Å². The molecule has 1 heterocycles. The number of aliphatic carboxylic acids is 1. The highest BCUT2D eigenvalue weighted by molar-refractivity contribution is 5.95. The van der Waals surface area contributed by atoms with Crippen molar-refractivity contribution in [3.05, 3.63) is 71.8 Å². The number of rotatable bonds is 4. The van der Waals surface area contributed by atoms with Crippen LogP contribution >= 0.6 is 0 Å². The summed E-state index contributed by atoms with van der Waals surface area (Å²) in [5.41, 5.74) is 2.26. The molecule has 3 N–H and O–H groups in total. The molecule has 3 unspecified atom stereocenters. The molecule has 2 aromatic carbocycles. The molecule has 5 heteroatoms. The normalized spacial score (nSPS) is 29.6. The number of likely N-dealkylation sites (tertiary alicyclic amines) is 1. The molecule has 0 aromatic heterocycles. The van der Waals surface area contributed by atoms with Crippen molar-refractivity contribution in [2.75, 3.05) is 13.1 Å². The maximum absolute atomic E-state index is 12.7. The zero-order valence-corrected chi connectivity index (χ0v) is 15.3. The van der Waals surface area contributed by atoms with E-state index < -0.39 is 11.4 Å². The minimum atomic E-state index is -0.882. The van der Waals surface area contributed by atoms with Gasteiger partial charge in [-0.15, -0.1) is 0 Å². The van der Waals surface area contributed by atoms with Crippen molar-refractivity contribution < 1.29 is 9.90 Å². The predicted molar refractivity (Wildman–Crippen MR) is 105 cm³/mol. The first-order chi connectivity index (χ1) is 13.1. The second kappa shape index (κ2) is 7.16. The van der Waals surface area contributed by atoms with Crippen molar-refractivity contribution in [2.24, 2.45) is 22.3 Å². The first-order valence-electron chi connectivity index (χ1n) is 9.46. The highest BCUT2D eigenvalue weighted by Crippen LogP contribution is 2.54. The van der Waals surface area contributed by atoms with Crippen LogP contribution in [0.15, 0.2) is 65.8 Å². The molecule has 5 nitrogen and oxygen atoms in total. The van der Waals surface area contributed by atoms with E-state index in [0.717, 1.165) is 30.7 Å². The van der Waals surface area contributed by atoms with Crippen LogP contribution in [0.3, 0.4) is 0 Å². The largest absolute Gasteiger partial charge is 0.481 e. The van der Waals surface area contributed by atoms with Gasteiger partial charge in [-0.3, -0.25) is 9.69 Å².